The molecule has 106 valence electrons. The largest absolute Gasteiger partial charge is 0.385 e. The van der Waals surface area contributed by atoms with Crippen molar-refractivity contribution in [3.05, 3.63) is 42.1 Å². The van der Waals surface area contributed by atoms with Crippen LogP contribution in [0.4, 0.5) is 0 Å². The van der Waals surface area contributed by atoms with E-state index in [1.165, 1.54) is 0 Å². The van der Waals surface area contributed by atoms with E-state index >= 15 is 0 Å². The Bertz CT molecular complexity index is 605. The van der Waals surface area contributed by atoms with E-state index < -0.39 is 5.60 Å². The van der Waals surface area contributed by atoms with E-state index in [1.54, 1.807) is 6.20 Å². The van der Waals surface area contributed by atoms with E-state index in [0.717, 1.165) is 16.5 Å². The first-order valence-electron chi connectivity index (χ1n) is 7.28. The third-order valence-corrected chi connectivity index (χ3v) is 4.26. The summed E-state index contributed by atoms with van der Waals surface area (Å²) in [5.41, 5.74) is 1.01. The van der Waals surface area contributed by atoms with Crippen LogP contribution in [-0.4, -0.2) is 22.8 Å². The molecule has 20 heavy (non-hydrogen) atoms. The van der Waals surface area contributed by atoms with E-state index in [0.29, 0.717) is 25.4 Å². The number of aromatic nitrogens is 1. The molecule has 0 aliphatic carbocycles. The van der Waals surface area contributed by atoms with E-state index in [4.69, 9.17) is 4.74 Å². The maximum Gasteiger partial charge on any atom is 0.0964 e. The number of rotatable bonds is 2. The van der Waals surface area contributed by atoms with Crippen molar-refractivity contribution in [3.63, 3.8) is 0 Å². The molecule has 0 saturated carbocycles. The van der Waals surface area contributed by atoms with E-state index in [-0.39, 0.29) is 6.10 Å². The molecule has 2 unspecified atom stereocenters. The molecule has 2 heterocycles. The van der Waals surface area contributed by atoms with Crippen molar-refractivity contribution in [1.82, 2.24) is 4.98 Å². The maximum atomic E-state index is 11.1. The molecule has 0 bridgehead atoms. The molecule has 2 atom stereocenters. The number of hydrogen-bond donors (Lipinski definition) is 1. The second kappa shape index (κ2) is 5.15. The highest BCUT2D eigenvalue weighted by molar-refractivity contribution is 5.82. The maximum absolute atomic E-state index is 11.1. The van der Waals surface area contributed by atoms with Crippen molar-refractivity contribution in [2.24, 2.45) is 5.92 Å². The van der Waals surface area contributed by atoms with Crippen LogP contribution >= 0.6 is 0 Å². The molecule has 3 nitrogen and oxygen atoms in total. The van der Waals surface area contributed by atoms with Gasteiger partial charge in [-0.2, -0.15) is 0 Å². The Balaban J connectivity index is 2.05. The molecule has 1 aliphatic rings. The summed E-state index contributed by atoms with van der Waals surface area (Å²) in [6, 6.07) is 10.00. The first-order valence-corrected chi connectivity index (χ1v) is 7.28. The van der Waals surface area contributed by atoms with Crippen LogP contribution in [0.5, 0.6) is 0 Å². The Morgan fingerprint density at radius 2 is 2.10 bits per heavy atom. The number of aliphatic hydroxyl groups is 1. The molecule has 0 spiro atoms. The number of fused-ring (bicyclic) bond motifs is 1. The molecule has 1 N–H and O–H groups in total. The SMILES string of the molecule is CC(C)C1CC(O)(c2cccc3cccnc23)CCO1. The second-order valence-electron chi connectivity index (χ2n) is 6.02. The highest BCUT2D eigenvalue weighted by atomic mass is 16.5. The van der Waals surface area contributed by atoms with Crippen LogP contribution < -0.4 is 0 Å². The zero-order valence-electron chi connectivity index (χ0n) is 12.0. The van der Waals surface area contributed by atoms with Crippen LogP contribution in [0.15, 0.2) is 36.5 Å². The van der Waals surface area contributed by atoms with E-state index in [2.05, 4.69) is 18.8 Å². The highest BCUT2D eigenvalue weighted by Crippen LogP contribution is 2.39. The van der Waals surface area contributed by atoms with Crippen molar-refractivity contribution in [2.75, 3.05) is 6.61 Å². The number of ether oxygens (including phenoxy) is 1. The van der Waals surface area contributed by atoms with Crippen molar-refractivity contribution in [2.45, 2.75) is 38.4 Å². The normalized spacial score (nSPS) is 27.1. The summed E-state index contributed by atoms with van der Waals surface area (Å²) in [4.78, 5) is 4.47. The summed E-state index contributed by atoms with van der Waals surface area (Å²) in [5, 5.41) is 12.2. The molecule has 0 radical (unpaired) electrons. The minimum atomic E-state index is -0.832. The van der Waals surface area contributed by atoms with Gasteiger partial charge in [0.15, 0.2) is 0 Å². The number of nitrogens with zero attached hydrogens (tertiary/aromatic N) is 1. The molecule has 1 aromatic heterocycles. The van der Waals surface area contributed by atoms with Gasteiger partial charge in [0, 0.05) is 30.0 Å². The lowest BCUT2D eigenvalue weighted by Gasteiger charge is -2.39. The van der Waals surface area contributed by atoms with Gasteiger partial charge in [0.1, 0.15) is 0 Å². The van der Waals surface area contributed by atoms with Gasteiger partial charge in [0.05, 0.1) is 23.8 Å². The van der Waals surface area contributed by atoms with Gasteiger partial charge in [-0.05, 0) is 12.0 Å². The van der Waals surface area contributed by atoms with Crippen LogP contribution in [0.2, 0.25) is 0 Å². The van der Waals surface area contributed by atoms with Crippen molar-refractivity contribution in [3.8, 4) is 0 Å². The zero-order valence-corrected chi connectivity index (χ0v) is 12.0. The molecule has 3 heteroatoms. The van der Waals surface area contributed by atoms with Gasteiger partial charge in [-0.25, -0.2) is 0 Å². The van der Waals surface area contributed by atoms with Crippen LogP contribution in [0.25, 0.3) is 10.9 Å². The van der Waals surface area contributed by atoms with Crippen molar-refractivity contribution < 1.29 is 9.84 Å². The number of para-hydroxylation sites is 1. The first-order chi connectivity index (χ1) is 9.60. The fourth-order valence-corrected chi connectivity index (χ4v) is 3.03. The molecule has 1 aliphatic heterocycles. The van der Waals surface area contributed by atoms with Crippen LogP contribution in [-0.2, 0) is 10.3 Å². The van der Waals surface area contributed by atoms with Crippen LogP contribution in [0.3, 0.4) is 0 Å². The lowest BCUT2D eigenvalue weighted by molar-refractivity contribution is -0.120. The molecule has 2 aromatic rings. The van der Waals surface area contributed by atoms with Crippen molar-refractivity contribution >= 4 is 10.9 Å². The molecule has 0 amide bonds. The lowest BCUT2D eigenvalue weighted by atomic mass is 9.80. The Morgan fingerprint density at radius 3 is 2.90 bits per heavy atom. The second-order valence-corrected chi connectivity index (χ2v) is 6.02. The van der Waals surface area contributed by atoms with Gasteiger partial charge in [-0.15, -0.1) is 0 Å². The Labute approximate surface area is 119 Å². The van der Waals surface area contributed by atoms with Gasteiger partial charge in [-0.1, -0.05) is 38.1 Å². The molecular formula is C17H21NO2. The number of pyridine rings is 1. The fraction of sp³-hybridized carbons (Fsp3) is 0.471. The zero-order chi connectivity index (χ0) is 14.2. The standard InChI is InChI=1S/C17H21NO2/c1-12(2)15-11-17(19,8-10-20-15)14-7-3-5-13-6-4-9-18-16(13)14/h3-7,9,12,15,19H,8,10-11H2,1-2H3. The van der Waals surface area contributed by atoms with Gasteiger partial charge in [0.25, 0.3) is 0 Å². The summed E-state index contributed by atoms with van der Waals surface area (Å²) < 4.78 is 5.79. The van der Waals surface area contributed by atoms with Crippen LogP contribution in [0.1, 0.15) is 32.3 Å². The molecular weight excluding hydrogens is 250 g/mol. The van der Waals surface area contributed by atoms with Gasteiger partial charge < -0.3 is 9.84 Å². The quantitative estimate of drug-likeness (QED) is 0.911. The highest BCUT2D eigenvalue weighted by Gasteiger charge is 2.38. The first kappa shape index (κ1) is 13.5. The summed E-state index contributed by atoms with van der Waals surface area (Å²) in [7, 11) is 0. The third-order valence-electron chi connectivity index (χ3n) is 4.26. The number of hydrogen-bond acceptors (Lipinski definition) is 3. The summed E-state index contributed by atoms with van der Waals surface area (Å²) in [6.45, 7) is 4.87. The topological polar surface area (TPSA) is 42.4 Å². The summed E-state index contributed by atoms with van der Waals surface area (Å²) in [6.07, 6.45) is 3.16. The third kappa shape index (κ3) is 2.32. The molecule has 1 fully saturated rings. The van der Waals surface area contributed by atoms with Crippen LogP contribution in [0, 0.1) is 5.92 Å². The predicted octanol–water partition coefficient (Wildman–Crippen LogP) is 3.26. The summed E-state index contributed by atoms with van der Waals surface area (Å²) in [5.74, 6) is 0.407. The Kier molecular flexibility index (Phi) is 3.48. The monoisotopic (exact) mass is 271 g/mol. The minimum Gasteiger partial charge on any atom is -0.385 e. The average molecular weight is 271 g/mol. The fourth-order valence-electron chi connectivity index (χ4n) is 3.03. The minimum absolute atomic E-state index is 0.104. The molecule has 1 saturated heterocycles. The molecule has 3 rings (SSSR count). The average Bonchev–Trinajstić information content (AvgIpc) is 2.46. The van der Waals surface area contributed by atoms with Crippen molar-refractivity contribution in [1.29, 1.82) is 0 Å². The number of benzene rings is 1. The lowest BCUT2D eigenvalue weighted by Crippen LogP contribution is -2.40. The molecule has 1 aromatic carbocycles. The summed E-state index contributed by atoms with van der Waals surface area (Å²) >= 11 is 0. The van der Waals surface area contributed by atoms with Gasteiger partial charge in [0.2, 0.25) is 0 Å². The van der Waals surface area contributed by atoms with E-state index in [1.807, 2.05) is 30.3 Å². The van der Waals surface area contributed by atoms with E-state index in [9.17, 15) is 5.11 Å². The predicted molar refractivity (Wildman–Crippen MR) is 79.5 cm³/mol. The Hall–Kier alpha value is -1.45. The van der Waals surface area contributed by atoms with Gasteiger partial charge >= 0.3 is 0 Å². The Morgan fingerprint density at radius 1 is 1.30 bits per heavy atom. The smallest absolute Gasteiger partial charge is 0.0964 e. The van der Waals surface area contributed by atoms with Gasteiger partial charge in [-0.3, -0.25) is 4.98 Å².